The van der Waals surface area contributed by atoms with Crippen molar-refractivity contribution < 1.29 is 15.0 Å². The average Bonchev–Trinajstić information content (AvgIpc) is 2.76. The van der Waals surface area contributed by atoms with Gasteiger partial charge in [0.15, 0.2) is 0 Å². The molecule has 0 atom stereocenters. The highest BCUT2D eigenvalue weighted by atomic mass is 16.4. The van der Waals surface area contributed by atoms with Gasteiger partial charge in [-0.05, 0) is 38.3 Å². The number of aromatic hydroxyl groups is 1. The maximum absolute atomic E-state index is 11.9. The molecule has 4 nitrogen and oxygen atoms in total. The number of aliphatic carboxylic acids is 1. The van der Waals surface area contributed by atoms with Gasteiger partial charge in [0.2, 0.25) is 0 Å². The smallest absolute Gasteiger partial charge is 0.314 e. The predicted octanol–water partition coefficient (Wildman–Crippen LogP) is 3.78. The first-order valence-corrected chi connectivity index (χ1v) is 7.52. The van der Waals surface area contributed by atoms with Crippen LogP contribution in [-0.2, 0) is 10.2 Å². The van der Waals surface area contributed by atoms with Crippen LogP contribution in [0.4, 0.5) is 0 Å². The molecule has 0 aliphatic heterocycles. The Balaban J connectivity index is 2.25. The Morgan fingerprint density at radius 3 is 2.48 bits per heavy atom. The van der Waals surface area contributed by atoms with Crippen LogP contribution in [0.5, 0.6) is 5.75 Å². The lowest BCUT2D eigenvalue weighted by atomic mass is 9.69. The fourth-order valence-corrected chi connectivity index (χ4v) is 3.70. The number of aromatic amines is 1. The molecule has 112 valence electrons. The predicted molar refractivity (Wildman–Crippen MR) is 81.8 cm³/mol. The van der Waals surface area contributed by atoms with Crippen LogP contribution >= 0.6 is 0 Å². The summed E-state index contributed by atoms with van der Waals surface area (Å²) in [7, 11) is 0. The normalized spacial score (nSPS) is 18.0. The minimum Gasteiger partial charge on any atom is -0.507 e. The quantitative estimate of drug-likeness (QED) is 0.787. The molecule has 4 heteroatoms. The lowest BCUT2D eigenvalue weighted by molar-refractivity contribution is -0.145. The van der Waals surface area contributed by atoms with E-state index in [-0.39, 0.29) is 5.75 Å². The molecule has 0 radical (unpaired) electrons. The molecule has 0 bridgehead atoms. The van der Waals surface area contributed by atoms with E-state index >= 15 is 0 Å². The summed E-state index contributed by atoms with van der Waals surface area (Å²) in [6, 6.07) is 3.68. The van der Waals surface area contributed by atoms with Crippen molar-refractivity contribution in [1.29, 1.82) is 0 Å². The van der Waals surface area contributed by atoms with E-state index in [0.29, 0.717) is 18.4 Å². The molecule has 1 aromatic heterocycles. The third kappa shape index (κ3) is 1.93. The first kappa shape index (κ1) is 14.0. The van der Waals surface area contributed by atoms with Crippen molar-refractivity contribution in [3.8, 4) is 5.75 Å². The minimum atomic E-state index is -0.936. The van der Waals surface area contributed by atoms with Gasteiger partial charge in [0.1, 0.15) is 5.75 Å². The second-order valence-electron chi connectivity index (χ2n) is 6.21. The van der Waals surface area contributed by atoms with Gasteiger partial charge in [-0.1, -0.05) is 25.3 Å². The third-order valence-corrected chi connectivity index (χ3v) is 5.07. The number of carbonyl (C=O) groups is 1. The number of H-pyrrole nitrogens is 1. The van der Waals surface area contributed by atoms with Gasteiger partial charge in [-0.2, -0.15) is 0 Å². The van der Waals surface area contributed by atoms with Gasteiger partial charge in [0, 0.05) is 22.2 Å². The minimum absolute atomic E-state index is 0.138. The van der Waals surface area contributed by atoms with Crippen LogP contribution < -0.4 is 0 Å². The van der Waals surface area contributed by atoms with Crippen LogP contribution in [0, 0.1) is 13.8 Å². The summed E-state index contributed by atoms with van der Waals surface area (Å²) < 4.78 is 0. The molecule has 0 unspecified atom stereocenters. The lowest BCUT2D eigenvalue weighted by Gasteiger charge is -2.34. The van der Waals surface area contributed by atoms with Gasteiger partial charge in [-0.15, -0.1) is 0 Å². The summed E-state index contributed by atoms with van der Waals surface area (Å²) >= 11 is 0. The molecule has 1 heterocycles. The van der Waals surface area contributed by atoms with Crippen molar-refractivity contribution in [3.05, 3.63) is 29.0 Å². The van der Waals surface area contributed by atoms with Gasteiger partial charge in [-0.3, -0.25) is 4.79 Å². The van der Waals surface area contributed by atoms with E-state index < -0.39 is 11.4 Å². The van der Waals surface area contributed by atoms with Crippen molar-refractivity contribution in [2.24, 2.45) is 0 Å². The summed E-state index contributed by atoms with van der Waals surface area (Å²) in [6.45, 7) is 3.91. The van der Waals surface area contributed by atoms with E-state index in [1.54, 1.807) is 6.07 Å². The maximum Gasteiger partial charge on any atom is 0.314 e. The number of benzene rings is 1. The third-order valence-electron chi connectivity index (χ3n) is 5.07. The number of hydrogen-bond acceptors (Lipinski definition) is 2. The van der Waals surface area contributed by atoms with Gasteiger partial charge in [0.05, 0.1) is 5.41 Å². The van der Waals surface area contributed by atoms with Crippen LogP contribution in [0.1, 0.15) is 48.9 Å². The van der Waals surface area contributed by atoms with Crippen molar-refractivity contribution in [2.45, 2.75) is 51.4 Å². The number of carboxylic acid groups (broad SMARTS) is 1. The van der Waals surface area contributed by atoms with Gasteiger partial charge in [0.25, 0.3) is 0 Å². The molecule has 2 aromatic rings. The van der Waals surface area contributed by atoms with Crippen LogP contribution in [0.3, 0.4) is 0 Å². The molecule has 21 heavy (non-hydrogen) atoms. The Morgan fingerprint density at radius 1 is 1.19 bits per heavy atom. The number of phenolic OH excluding ortho intramolecular Hbond substituents is 1. The van der Waals surface area contributed by atoms with Gasteiger partial charge in [-0.25, -0.2) is 0 Å². The second-order valence-corrected chi connectivity index (χ2v) is 6.21. The summed E-state index contributed by atoms with van der Waals surface area (Å²) in [5, 5.41) is 21.3. The fourth-order valence-electron chi connectivity index (χ4n) is 3.70. The number of aryl methyl sites for hydroxylation is 2. The summed E-state index contributed by atoms with van der Waals surface area (Å²) in [4.78, 5) is 15.2. The SMILES string of the molecule is Cc1[nH]c2ccc(C3(C(=O)O)CCCCC3)c(O)c2c1C. The monoisotopic (exact) mass is 287 g/mol. The number of hydrogen-bond donors (Lipinski definition) is 3. The molecule has 1 saturated carbocycles. The van der Waals surface area contributed by atoms with E-state index in [9.17, 15) is 15.0 Å². The molecule has 3 N–H and O–H groups in total. The number of nitrogens with one attached hydrogen (secondary N) is 1. The number of rotatable bonds is 2. The molecular weight excluding hydrogens is 266 g/mol. The largest absolute Gasteiger partial charge is 0.507 e. The molecule has 1 aromatic carbocycles. The average molecular weight is 287 g/mol. The molecule has 0 amide bonds. The first-order chi connectivity index (χ1) is 9.97. The highest BCUT2D eigenvalue weighted by Gasteiger charge is 2.43. The van der Waals surface area contributed by atoms with Crippen molar-refractivity contribution >= 4 is 16.9 Å². The number of aromatic nitrogens is 1. The second kappa shape index (κ2) is 4.79. The van der Waals surface area contributed by atoms with Crippen LogP contribution in [0.25, 0.3) is 10.9 Å². The molecule has 3 rings (SSSR count). The van der Waals surface area contributed by atoms with Crippen LogP contribution in [-0.4, -0.2) is 21.2 Å². The molecule has 0 saturated heterocycles. The highest BCUT2D eigenvalue weighted by Crippen LogP contribution is 2.46. The zero-order valence-electron chi connectivity index (χ0n) is 12.5. The number of carboxylic acids is 1. The van der Waals surface area contributed by atoms with E-state index in [1.165, 1.54) is 0 Å². The molecule has 1 aliphatic carbocycles. The van der Waals surface area contributed by atoms with E-state index in [0.717, 1.165) is 41.4 Å². The standard InChI is InChI=1S/C17H21NO3/c1-10-11(2)18-13-7-6-12(15(19)14(10)13)17(16(20)21)8-4-3-5-9-17/h6-7,18-19H,3-5,8-9H2,1-2H3,(H,20,21). The first-order valence-electron chi connectivity index (χ1n) is 7.52. The zero-order valence-corrected chi connectivity index (χ0v) is 12.5. The molecule has 0 spiro atoms. The maximum atomic E-state index is 11.9. The Labute approximate surface area is 123 Å². The highest BCUT2D eigenvalue weighted by molar-refractivity contribution is 5.94. The number of fused-ring (bicyclic) bond motifs is 1. The Morgan fingerprint density at radius 2 is 1.86 bits per heavy atom. The Bertz CT molecular complexity index is 708. The van der Waals surface area contributed by atoms with Crippen molar-refractivity contribution in [1.82, 2.24) is 4.98 Å². The topological polar surface area (TPSA) is 73.3 Å². The van der Waals surface area contributed by atoms with Crippen LogP contribution in [0.15, 0.2) is 12.1 Å². The van der Waals surface area contributed by atoms with Crippen molar-refractivity contribution in [2.75, 3.05) is 0 Å². The summed E-state index contributed by atoms with van der Waals surface area (Å²) in [5.74, 6) is -0.680. The Hall–Kier alpha value is -1.97. The molecule has 1 fully saturated rings. The van der Waals surface area contributed by atoms with E-state index in [2.05, 4.69) is 4.98 Å². The van der Waals surface area contributed by atoms with Crippen molar-refractivity contribution in [3.63, 3.8) is 0 Å². The Kier molecular flexibility index (Phi) is 3.19. The van der Waals surface area contributed by atoms with Crippen LogP contribution in [0.2, 0.25) is 0 Å². The summed E-state index contributed by atoms with van der Waals surface area (Å²) in [6.07, 6.45) is 4.07. The van der Waals surface area contributed by atoms with Gasteiger partial charge < -0.3 is 15.2 Å². The zero-order chi connectivity index (χ0) is 15.2. The molecular formula is C17H21NO3. The number of phenols is 1. The van der Waals surface area contributed by atoms with E-state index in [4.69, 9.17) is 0 Å². The fraction of sp³-hybridized carbons (Fsp3) is 0.471. The lowest BCUT2D eigenvalue weighted by Crippen LogP contribution is -2.37. The van der Waals surface area contributed by atoms with Gasteiger partial charge >= 0.3 is 5.97 Å². The summed E-state index contributed by atoms with van der Waals surface area (Å²) in [5.41, 5.74) is 2.49. The molecule has 1 aliphatic rings. The van der Waals surface area contributed by atoms with E-state index in [1.807, 2.05) is 19.9 Å².